The molecular weight excluding hydrogens is 176 g/mol. The lowest BCUT2D eigenvalue weighted by Crippen LogP contribution is -1.86. The van der Waals surface area contributed by atoms with Crippen LogP contribution in [0.25, 0.3) is 0 Å². The zero-order valence-corrected chi connectivity index (χ0v) is 7.63. The molecule has 0 radical (unpaired) electrons. The summed E-state index contributed by atoms with van der Waals surface area (Å²) in [6.45, 7) is 0.563. The zero-order valence-electron chi connectivity index (χ0n) is 7.63. The van der Waals surface area contributed by atoms with Crippen LogP contribution in [-0.4, -0.2) is 12.6 Å². The van der Waals surface area contributed by atoms with Crippen LogP contribution in [0, 0.1) is 0 Å². The molecule has 1 heterocycles. The lowest BCUT2D eigenvalue weighted by Gasteiger charge is -2.00. The van der Waals surface area contributed by atoms with Crippen molar-refractivity contribution in [1.29, 1.82) is 0 Å². The Morgan fingerprint density at radius 1 is 1.21 bits per heavy atom. The third kappa shape index (κ3) is 2.29. The van der Waals surface area contributed by atoms with Crippen LogP contribution in [0.15, 0.2) is 52.3 Å². The minimum absolute atomic E-state index is 0.563. The second-order valence-electron chi connectivity index (χ2n) is 2.86. The summed E-state index contributed by atoms with van der Waals surface area (Å²) < 4.78 is 5.34. The smallest absolute Gasteiger partial charge is 0.118 e. The molecule has 0 N–H and O–H groups in total. The van der Waals surface area contributed by atoms with Gasteiger partial charge in [-0.1, -0.05) is 30.3 Å². The highest BCUT2D eigenvalue weighted by Gasteiger charge is 1.94. The number of allylic oxidation sites excluding steroid dienone is 1. The van der Waals surface area contributed by atoms with Crippen LogP contribution in [-0.2, 0) is 11.3 Å². The largest absolute Gasteiger partial charge is 0.494 e. The van der Waals surface area contributed by atoms with Crippen LogP contribution < -0.4 is 0 Å². The van der Waals surface area contributed by atoms with Gasteiger partial charge in [0.25, 0.3) is 0 Å². The lowest BCUT2D eigenvalue weighted by molar-refractivity contribution is 0.235. The van der Waals surface area contributed by atoms with Crippen LogP contribution >= 0.6 is 0 Å². The molecule has 70 valence electrons. The van der Waals surface area contributed by atoms with Gasteiger partial charge in [-0.2, -0.15) is 0 Å². The van der Waals surface area contributed by atoms with Gasteiger partial charge in [0.1, 0.15) is 24.9 Å². The van der Waals surface area contributed by atoms with Gasteiger partial charge in [0, 0.05) is 0 Å². The summed E-state index contributed by atoms with van der Waals surface area (Å²) in [5.74, 6) is 0. The van der Waals surface area contributed by atoms with Gasteiger partial charge in [0.15, 0.2) is 0 Å². The molecular formula is C11H10N2O. The summed E-state index contributed by atoms with van der Waals surface area (Å²) >= 11 is 0. The molecule has 0 atom stereocenters. The van der Waals surface area contributed by atoms with Crippen LogP contribution in [0.2, 0.25) is 0 Å². The van der Waals surface area contributed by atoms with Gasteiger partial charge in [0.05, 0.1) is 6.21 Å². The number of hydrogen-bond donors (Lipinski definition) is 0. The predicted octanol–water partition coefficient (Wildman–Crippen LogP) is 2.16. The molecule has 0 unspecified atom stereocenters. The minimum Gasteiger partial charge on any atom is -0.494 e. The van der Waals surface area contributed by atoms with Crippen LogP contribution in [0.5, 0.6) is 0 Å². The van der Waals surface area contributed by atoms with E-state index in [2.05, 4.69) is 9.98 Å². The maximum atomic E-state index is 5.34. The van der Waals surface area contributed by atoms with Gasteiger partial charge < -0.3 is 4.74 Å². The molecule has 1 aromatic carbocycles. The molecule has 3 heteroatoms. The third-order valence-electron chi connectivity index (χ3n) is 1.78. The maximum absolute atomic E-state index is 5.34. The Kier molecular flexibility index (Phi) is 2.71. The van der Waals surface area contributed by atoms with E-state index in [0.29, 0.717) is 6.61 Å². The van der Waals surface area contributed by atoms with E-state index in [4.69, 9.17) is 4.74 Å². The predicted molar refractivity (Wildman–Crippen MR) is 56.3 cm³/mol. The van der Waals surface area contributed by atoms with Crippen molar-refractivity contribution in [2.75, 3.05) is 0 Å². The summed E-state index contributed by atoms with van der Waals surface area (Å²) in [5, 5.41) is 0. The van der Waals surface area contributed by atoms with E-state index in [1.54, 1.807) is 12.5 Å². The molecule has 1 aromatic rings. The monoisotopic (exact) mass is 186 g/mol. The Morgan fingerprint density at radius 2 is 2.07 bits per heavy atom. The average molecular weight is 186 g/mol. The quantitative estimate of drug-likeness (QED) is 0.666. The first-order chi connectivity index (χ1) is 6.95. The molecule has 3 nitrogen and oxygen atoms in total. The Balaban J connectivity index is 1.87. The molecule has 2 rings (SSSR count). The molecule has 0 fully saturated rings. The molecule has 1 aliphatic heterocycles. The number of rotatable bonds is 3. The summed E-state index contributed by atoms with van der Waals surface area (Å²) in [7, 11) is 0. The third-order valence-corrected chi connectivity index (χ3v) is 1.78. The fourth-order valence-corrected chi connectivity index (χ4v) is 1.10. The van der Waals surface area contributed by atoms with Crippen molar-refractivity contribution in [3.05, 3.63) is 47.9 Å². The standard InChI is InChI=1S/C11H10N2O/c1-2-4-10(5-3-1)7-14-8-11-6-12-9-13-11/h1-6,8-9H,7H2. The highest BCUT2D eigenvalue weighted by molar-refractivity contribution is 5.91. The Labute approximate surface area is 82.5 Å². The normalized spacial score (nSPS) is 16.4. The number of ether oxygens (including phenoxy) is 1. The van der Waals surface area contributed by atoms with Crippen molar-refractivity contribution in [3.8, 4) is 0 Å². The summed E-state index contributed by atoms with van der Waals surface area (Å²) in [6, 6.07) is 9.99. The zero-order chi connectivity index (χ0) is 9.64. The summed E-state index contributed by atoms with van der Waals surface area (Å²) in [6.07, 6.45) is 4.77. The number of hydrogen-bond acceptors (Lipinski definition) is 3. The van der Waals surface area contributed by atoms with Crippen LogP contribution in [0.4, 0.5) is 0 Å². The van der Waals surface area contributed by atoms with Crippen LogP contribution in [0.1, 0.15) is 5.56 Å². The fourth-order valence-electron chi connectivity index (χ4n) is 1.10. The first kappa shape index (κ1) is 8.69. The van der Waals surface area contributed by atoms with E-state index in [0.717, 1.165) is 11.3 Å². The molecule has 1 aliphatic rings. The van der Waals surface area contributed by atoms with E-state index < -0.39 is 0 Å². The highest BCUT2D eigenvalue weighted by atomic mass is 16.5. The van der Waals surface area contributed by atoms with Crippen molar-refractivity contribution in [1.82, 2.24) is 0 Å². The highest BCUT2D eigenvalue weighted by Crippen LogP contribution is 2.03. The van der Waals surface area contributed by atoms with Gasteiger partial charge in [-0.25, -0.2) is 9.98 Å². The molecule has 0 amide bonds. The van der Waals surface area contributed by atoms with Crippen molar-refractivity contribution in [3.63, 3.8) is 0 Å². The van der Waals surface area contributed by atoms with E-state index in [1.165, 1.54) is 6.34 Å². The molecule has 0 aliphatic carbocycles. The van der Waals surface area contributed by atoms with Crippen LogP contribution in [0.3, 0.4) is 0 Å². The number of nitrogens with zero attached hydrogens (tertiary/aromatic N) is 2. The molecule has 0 saturated carbocycles. The van der Waals surface area contributed by atoms with Gasteiger partial charge in [-0.3, -0.25) is 0 Å². The maximum Gasteiger partial charge on any atom is 0.118 e. The number of benzene rings is 1. The van der Waals surface area contributed by atoms with Gasteiger partial charge in [-0.05, 0) is 5.56 Å². The van der Waals surface area contributed by atoms with E-state index in [-0.39, 0.29) is 0 Å². The topological polar surface area (TPSA) is 34.0 Å². The molecule has 14 heavy (non-hydrogen) atoms. The average Bonchev–Trinajstić information content (AvgIpc) is 2.72. The lowest BCUT2D eigenvalue weighted by atomic mass is 10.2. The fraction of sp³-hybridized carbons (Fsp3) is 0.0909. The minimum atomic E-state index is 0.563. The Hall–Kier alpha value is -1.90. The van der Waals surface area contributed by atoms with E-state index in [9.17, 15) is 0 Å². The summed E-state index contributed by atoms with van der Waals surface area (Å²) in [4.78, 5) is 7.78. The van der Waals surface area contributed by atoms with Crippen molar-refractivity contribution in [2.45, 2.75) is 6.61 Å². The Bertz CT molecular complexity index is 366. The van der Waals surface area contributed by atoms with E-state index in [1.807, 2.05) is 30.3 Å². The molecule has 0 spiro atoms. The van der Waals surface area contributed by atoms with E-state index >= 15 is 0 Å². The van der Waals surface area contributed by atoms with Gasteiger partial charge in [0.2, 0.25) is 0 Å². The molecule has 0 aromatic heterocycles. The van der Waals surface area contributed by atoms with Crippen molar-refractivity contribution < 1.29 is 4.74 Å². The first-order valence-corrected chi connectivity index (χ1v) is 4.36. The van der Waals surface area contributed by atoms with Gasteiger partial charge in [-0.15, -0.1) is 0 Å². The Morgan fingerprint density at radius 3 is 2.79 bits per heavy atom. The number of aliphatic imine (C=N–C) groups is 2. The summed E-state index contributed by atoms with van der Waals surface area (Å²) in [5.41, 5.74) is 1.89. The molecule has 0 bridgehead atoms. The first-order valence-electron chi connectivity index (χ1n) is 4.36. The second-order valence-corrected chi connectivity index (χ2v) is 2.86. The van der Waals surface area contributed by atoms with Crippen molar-refractivity contribution in [2.24, 2.45) is 9.98 Å². The van der Waals surface area contributed by atoms with Crippen molar-refractivity contribution >= 4 is 12.6 Å². The molecule has 0 saturated heterocycles. The second kappa shape index (κ2) is 4.37. The van der Waals surface area contributed by atoms with Gasteiger partial charge >= 0.3 is 0 Å². The SMILES string of the molecule is C1=NC=NC1=COCc1ccccc1.